The summed E-state index contributed by atoms with van der Waals surface area (Å²) in [5.74, 6) is 0.205. The molecule has 1 atom stereocenters. The zero-order chi connectivity index (χ0) is 15.1. The maximum absolute atomic E-state index is 12.5. The molecule has 122 valence electrons. The second-order valence-electron chi connectivity index (χ2n) is 7.04. The molecule has 1 unspecified atom stereocenters. The number of nitrogens with two attached hydrogens (primary N) is 1. The molecule has 3 N–H and O–H groups in total. The van der Waals surface area contributed by atoms with Crippen LogP contribution in [0.25, 0.3) is 0 Å². The molecule has 1 amide bonds. The van der Waals surface area contributed by atoms with Gasteiger partial charge in [-0.3, -0.25) is 4.79 Å². The number of carbonyl (C=O) groups excluding carboxylic acids is 1. The van der Waals surface area contributed by atoms with Crippen molar-refractivity contribution in [3.63, 3.8) is 0 Å². The molecule has 0 aromatic heterocycles. The lowest BCUT2D eigenvalue weighted by atomic mass is 9.73. The van der Waals surface area contributed by atoms with Crippen molar-refractivity contribution in [3.8, 4) is 0 Å². The Hall–Kier alpha value is -0.610. The molecule has 21 heavy (non-hydrogen) atoms. The van der Waals surface area contributed by atoms with Gasteiger partial charge in [0, 0.05) is 25.7 Å². The highest BCUT2D eigenvalue weighted by Gasteiger charge is 2.37. The molecule has 2 fully saturated rings. The largest absolute Gasteiger partial charge is 0.356 e. The van der Waals surface area contributed by atoms with E-state index in [0.717, 1.165) is 45.2 Å². The third-order valence-electron chi connectivity index (χ3n) is 5.53. The van der Waals surface area contributed by atoms with Gasteiger partial charge in [-0.1, -0.05) is 25.7 Å². The smallest absolute Gasteiger partial charge is 0.227 e. The van der Waals surface area contributed by atoms with E-state index >= 15 is 0 Å². The lowest BCUT2D eigenvalue weighted by molar-refractivity contribution is -0.132. The van der Waals surface area contributed by atoms with Crippen molar-refractivity contribution in [2.75, 3.05) is 26.2 Å². The molecule has 2 rings (SSSR count). The van der Waals surface area contributed by atoms with E-state index < -0.39 is 0 Å². The van der Waals surface area contributed by atoms with Crippen LogP contribution in [-0.4, -0.2) is 43.0 Å². The number of nitrogens with zero attached hydrogens (tertiary/aromatic N) is 1. The van der Waals surface area contributed by atoms with Crippen LogP contribution in [0.2, 0.25) is 0 Å². The van der Waals surface area contributed by atoms with Gasteiger partial charge < -0.3 is 16.0 Å². The average Bonchev–Trinajstić information content (AvgIpc) is 2.53. The first-order valence-corrected chi connectivity index (χ1v) is 8.90. The number of nitrogens with one attached hydrogen (secondary N) is 1. The molecule has 4 heteroatoms. The predicted molar refractivity (Wildman–Crippen MR) is 87.1 cm³/mol. The normalized spacial score (nSPS) is 26.5. The van der Waals surface area contributed by atoms with E-state index in [4.69, 9.17) is 5.73 Å². The summed E-state index contributed by atoms with van der Waals surface area (Å²) in [6.07, 6.45) is 10.6. The first-order valence-electron chi connectivity index (χ1n) is 8.90. The Labute approximate surface area is 129 Å². The number of rotatable bonds is 6. The fourth-order valence-electron chi connectivity index (χ4n) is 3.91. The first-order chi connectivity index (χ1) is 10.2. The summed E-state index contributed by atoms with van der Waals surface area (Å²) in [7, 11) is 0. The Morgan fingerprint density at radius 3 is 2.67 bits per heavy atom. The number of carbonyl (C=O) groups is 1. The van der Waals surface area contributed by atoms with Gasteiger partial charge >= 0.3 is 0 Å². The predicted octanol–water partition coefficient (Wildman–Crippen LogP) is 2.28. The molecule has 1 aliphatic carbocycles. The van der Waals surface area contributed by atoms with Crippen molar-refractivity contribution in [1.29, 1.82) is 0 Å². The highest BCUT2D eigenvalue weighted by atomic mass is 16.2. The van der Waals surface area contributed by atoms with E-state index in [2.05, 4.69) is 17.1 Å². The van der Waals surface area contributed by atoms with Gasteiger partial charge in [-0.2, -0.15) is 0 Å². The number of likely N-dealkylation sites (tertiary alicyclic amines) is 1. The standard InChI is InChI=1S/C17H33N3O/c1-15-8-3-6-12-20(15)13-7-11-19-16(21)17(14-18)9-4-2-5-10-17/h15H,2-14,18H2,1H3,(H,19,21). The zero-order valence-electron chi connectivity index (χ0n) is 13.7. The zero-order valence-corrected chi connectivity index (χ0v) is 13.7. The molecule has 1 saturated heterocycles. The number of piperidine rings is 1. The van der Waals surface area contributed by atoms with Crippen molar-refractivity contribution in [2.24, 2.45) is 11.1 Å². The number of hydrogen-bond donors (Lipinski definition) is 2. The average molecular weight is 295 g/mol. The maximum atomic E-state index is 12.5. The van der Waals surface area contributed by atoms with E-state index in [0.29, 0.717) is 12.6 Å². The van der Waals surface area contributed by atoms with Gasteiger partial charge in [0.15, 0.2) is 0 Å². The van der Waals surface area contributed by atoms with Crippen LogP contribution in [0.1, 0.15) is 64.7 Å². The quantitative estimate of drug-likeness (QED) is 0.739. The molecular weight excluding hydrogens is 262 g/mol. The molecule has 1 aliphatic heterocycles. The Balaban J connectivity index is 1.68. The molecule has 1 saturated carbocycles. The van der Waals surface area contributed by atoms with Crippen LogP contribution in [0.3, 0.4) is 0 Å². The lowest BCUT2D eigenvalue weighted by Gasteiger charge is -2.35. The minimum Gasteiger partial charge on any atom is -0.356 e. The molecule has 0 aromatic rings. The van der Waals surface area contributed by atoms with Crippen LogP contribution in [-0.2, 0) is 4.79 Å². The maximum Gasteiger partial charge on any atom is 0.227 e. The summed E-state index contributed by atoms with van der Waals surface area (Å²) in [5.41, 5.74) is 5.64. The van der Waals surface area contributed by atoms with Gasteiger partial charge in [0.05, 0.1) is 5.41 Å². The first kappa shape index (κ1) is 16.8. The molecule has 0 aromatic carbocycles. The SMILES string of the molecule is CC1CCCCN1CCCNC(=O)C1(CN)CCCCC1. The van der Waals surface area contributed by atoms with Gasteiger partial charge in [0.25, 0.3) is 0 Å². The van der Waals surface area contributed by atoms with Crippen LogP contribution in [0, 0.1) is 5.41 Å². The Morgan fingerprint density at radius 1 is 1.24 bits per heavy atom. The molecule has 0 bridgehead atoms. The molecule has 0 radical (unpaired) electrons. The Morgan fingerprint density at radius 2 is 2.00 bits per heavy atom. The summed E-state index contributed by atoms with van der Waals surface area (Å²) >= 11 is 0. The van der Waals surface area contributed by atoms with Crippen molar-refractivity contribution in [3.05, 3.63) is 0 Å². The molecule has 4 nitrogen and oxygen atoms in total. The summed E-state index contributed by atoms with van der Waals surface area (Å²) in [6, 6.07) is 0.711. The van der Waals surface area contributed by atoms with E-state index in [1.807, 2.05) is 0 Å². The van der Waals surface area contributed by atoms with Crippen molar-refractivity contribution < 1.29 is 4.79 Å². The summed E-state index contributed by atoms with van der Waals surface area (Å²) < 4.78 is 0. The van der Waals surface area contributed by atoms with Crippen LogP contribution in [0.15, 0.2) is 0 Å². The second-order valence-corrected chi connectivity index (χ2v) is 7.04. The van der Waals surface area contributed by atoms with Gasteiger partial charge in [0.1, 0.15) is 0 Å². The summed E-state index contributed by atoms with van der Waals surface area (Å²) in [5, 5.41) is 3.15. The van der Waals surface area contributed by atoms with Gasteiger partial charge in [-0.15, -0.1) is 0 Å². The van der Waals surface area contributed by atoms with E-state index in [1.54, 1.807) is 0 Å². The van der Waals surface area contributed by atoms with E-state index in [1.165, 1.54) is 32.2 Å². The molecule has 0 spiro atoms. The van der Waals surface area contributed by atoms with Crippen molar-refractivity contribution in [2.45, 2.75) is 70.8 Å². The van der Waals surface area contributed by atoms with Crippen LogP contribution in [0.4, 0.5) is 0 Å². The van der Waals surface area contributed by atoms with E-state index in [9.17, 15) is 4.79 Å². The third kappa shape index (κ3) is 4.43. The van der Waals surface area contributed by atoms with Gasteiger partial charge in [0.2, 0.25) is 5.91 Å². The highest BCUT2D eigenvalue weighted by molar-refractivity contribution is 5.82. The Bertz CT molecular complexity index is 326. The molecule has 1 heterocycles. The summed E-state index contributed by atoms with van der Waals surface area (Å²) in [6.45, 7) is 5.95. The molecular formula is C17H33N3O. The third-order valence-corrected chi connectivity index (χ3v) is 5.53. The van der Waals surface area contributed by atoms with Crippen molar-refractivity contribution in [1.82, 2.24) is 10.2 Å². The van der Waals surface area contributed by atoms with Gasteiger partial charge in [-0.25, -0.2) is 0 Å². The fourth-order valence-corrected chi connectivity index (χ4v) is 3.91. The monoisotopic (exact) mass is 295 g/mol. The van der Waals surface area contributed by atoms with Crippen LogP contribution >= 0.6 is 0 Å². The minimum absolute atomic E-state index is 0.205. The number of hydrogen-bond acceptors (Lipinski definition) is 3. The fraction of sp³-hybridized carbons (Fsp3) is 0.941. The Kier molecular flexibility index (Phi) is 6.49. The minimum atomic E-state index is -0.267. The summed E-state index contributed by atoms with van der Waals surface area (Å²) in [4.78, 5) is 15.0. The van der Waals surface area contributed by atoms with Crippen LogP contribution in [0.5, 0.6) is 0 Å². The highest BCUT2D eigenvalue weighted by Crippen LogP contribution is 2.35. The van der Waals surface area contributed by atoms with Crippen LogP contribution < -0.4 is 11.1 Å². The van der Waals surface area contributed by atoms with Crippen molar-refractivity contribution >= 4 is 5.91 Å². The lowest BCUT2D eigenvalue weighted by Crippen LogP contribution is -2.47. The topological polar surface area (TPSA) is 58.4 Å². The second kappa shape index (κ2) is 8.14. The van der Waals surface area contributed by atoms with Gasteiger partial charge in [-0.05, 0) is 45.6 Å². The van der Waals surface area contributed by atoms with E-state index in [-0.39, 0.29) is 11.3 Å². The molecule has 2 aliphatic rings. The number of amides is 1.